The predicted octanol–water partition coefficient (Wildman–Crippen LogP) is 2.05. The van der Waals surface area contributed by atoms with Gasteiger partial charge in [0.15, 0.2) is 11.6 Å². The van der Waals surface area contributed by atoms with Crippen LogP contribution in [0.1, 0.15) is 0 Å². The Balaban J connectivity index is 2.52. The molecule has 0 heterocycles. The highest BCUT2D eigenvalue weighted by molar-refractivity contribution is 5.56. The van der Waals surface area contributed by atoms with Crippen LogP contribution in [0.2, 0.25) is 0 Å². The van der Waals surface area contributed by atoms with E-state index in [-0.39, 0.29) is 24.7 Å². The normalized spacial score (nSPS) is 10.8. The quantitative estimate of drug-likeness (QED) is 0.558. The third kappa shape index (κ3) is 5.54. The highest BCUT2D eigenvalue weighted by atomic mass is 19.3. The summed E-state index contributed by atoms with van der Waals surface area (Å²) in [5, 5.41) is 0. The van der Waals surface area contributed by atoms with Gasteiger partial charge >= 0.3 is 6.61 Å². The van der Waals surface area contributed by atoms with Crippen molar-refractivity contribution in [3.05, 3.63) is 17.9 Å². The Hall–Kier alpha value is -1.67. The molecule has 0 spiro atoms. The molecule has 5 nitrogen and oxygen atoms in total. The highest BCUT2D eigenvalue weighted by Crippen LogP contribution is 2.31. The SMILES string of the molecule is COCCOCCOc1cc(OC(F)F)c(F)cc1N. The van der Waals surface area contributed by atoms with Gasteiger partial charge in [-0.2, -0.15) is 8.78 Å². The third-order valence-corrected chi connectivity index (χ3v) is 2.20. The topological polar surface area (TPSA) is 62.9 Å². The first-order valence-electron chi connectivity index (χ1n) is 5.78. The van der Waals surface area contributed by atoms with E-state index in [4.69, 9.17) is 19.9 Å². The molecule has 114 valence electrons. The van der Waals surface area contributed by atoms with Gasteiger partial charge in [0.05, 0.1) is 25.5 Å². The van der Waals surface area contributed by atoms with Gasteiger partial charge < -0.3 is 24.7 Å². The molecule has 1 rings (SSSR count). The first-order chi connectivity index (χ1) is 9.54. The number of methoxy groups -OCH3 is 1. The molecule has 0 aliphatic rings. The average Bonchev–Trinajstić information content (AvgIpc) is 2.38. The number of nitrogens with two attached hydrogens (primary N) is 1. The van der Waals surface area contributed by atoms with Crippen molar-refractivity contribution in [1.29, 1.82) is 0 Å². The lowest BCUT2D eigenvalue weighted by Gasteiger charge is -2.12. The maximum absolute atomic E-state index is 13.3. The molecule has 0 bridgehead atoms. The molecule has 0 atom stereocenters. The number of benzene rings is 1. The maximum Gasteiger partial charge on any atom is 0.387 e. The van der Waals surface area contributed by atoms with Crippen molar-refractivity contribution in [2.24, 2.45) is 0 Å². The van der Waals surface area contributed by atoms with Gasteiger partial charge in [0, 0.05) is 19.2 Å². The van der Waals surface area contributed by atoms with Gasteiger partial charge in [-0.1, -0.05) is 0 Å². The maximum atomic E-state index is 13.3. The fourth-order valence-corrected chi connectivity index (χ4v) is 1.32. The zero-order chi connectivity index (χ0) is 15.0. The Morgan fingerprint density at radius 2 is 1.80 bits per heavy atom. The summed E-state index contributed by atoms with van der Waals surface area (Å²) in [5.41, 5.74) is 5.50. The van der Waals surface area contributed by atoms with Crippen molar-refractivity contribution < 1.29 is 32.1 Å². The van der Waals surface area contributed by atoms with Crippen molar-refractivity contribution in [3.8, 4) is 11.5 Å². The summed E-state index contributed by atoms with van der Waals surface area (Å²) in [6.45, 7) is -1.89. The van der Waals surface area contributed by atoms with Crippen LogP contribution in [-0.2, 0) is 9.47 Å². The number of anilines is 1. The standard InChI is InChI=1S/C12H16F3NO4/c1-17-2-3-18-4-5-19-11-7-10(20-12(14)15)8(13)6-9(11)16/h6-7,12H,2-5,16H2,1H3. The molecule has 0 aliphatic heterocycles. The summed E-state index contributed by atoms with van der Waals surface area (Å²) in [7, 11) is 1.55. The number of rotatable bonds is 9. The molecule has 0 fully saturated rings. The zero-order valence-electron chi connectivity index (χ0n) is 10.9. The Labute approximate surface area is 114 Å². The van der Waals surface area contributed by atoms with Gasteiger partial charge in [-0.25, -0.2) is 4.39 Å². The van der Waals surface area contributed by atoms with E-state index in [2.05, 4.69) is 4.74 Å². The van der Waals surface area contributed by atoms with Crippen molar-refractivity contribution in [3.63, 3.8) is 0 Å². The van der Waals surface area contributed by atoms with Crippen LogP contribution in [0.5, 0.6) is 11.5 Å². The van der Waals surface area contributed by atoms with E-state index in [1.165, 1.54) is 0 Å². The van der Waals surface area contributed by atoms with E-state index in [9.17, 15) is 13.2 Å². The minimum absolute atomic E-state index is 0.0130. The summed E-state index contributed by atoms with van der Waals surface area (Å²) >= 11 is 0. The average molecular weight is 295 g/mol. The van der Waals surface area contributed by atoms with E-state index >= 15 is 0 Å². The number of hydrogen-bond acceptors (Lipinski definition) is 5. The van der Waals surface area contributed by atoms with Crippen LogP contribution in [0.4, 0.5) is 18.9 Å². The van der Waals surface area contributed by atoms with Crippen LogP contribution in [0.25, 0.3) is 0 Å². The lowest BCUT2D eigenvalue weighted by Crippen LogP contribution is -2.11. The van der Waals surface area contributed by atoms with Crippen molar-refractivity contribution in [2.45, 2.75) is 6.61 Å². The Bertz CT molecular complexity index is 418. The lowest BCUT2D eigenvalue weighted by molar-refractivity contribution is -0.0523. The Kier molecular flexibility index (Phi) is 6.96. The summed E-state index contributed by atoms with van der Waals surface area (Å²) in [5.74, 6) is -1.55. The van der Waals surface area contributed by atoms with Crippen molar-refractivity contribution in [1.82, 2.24) is 0 Å². The fourth-order valence-electron chi connectivity index (χ4n) is 1.32. The van der Waals surface area contributed by atoms with Crippen LogP contribution >= 0.6 is 0 Å². The van der Waals surface area contributed by atoms with Gasteiger partial charge in [0.25, 0.3) is 0 Å². The van der Waals surface area contributed by atoms with Gasteiger partial charge in [-0.15, -0.1) is 0 Å². The smallest absolute Gasteiger partial charge is 0.387 e. The van der Waals surface area contributed by atoms with Gasteiger partial charge in [-0.05, 0) is 0 Å². The minimum Gasteiger partial charge on any atom is -0.489 e. The summed E-state index contributed by atoms with van der Waals surface area (Å²) in [6.07, 6.45) is 0. The first-order valence-corrected chi connectivity index (χ1v) is 5.78. The number of halogens is 3. The van der Waals surface area contributed by atoms with Crippen LogP contribution in [0.15, 0.2) is 12.1 Å². The minimum atomic E-state index is -3.13. The van der Waals surface area contributed by atoms with Crippen molar-refractivity contribution in [2.75, 3.05) is 39.3 Å². The van der Waals surface area contributed by atoms with Crippen LogP contribution in [0.3, 0.4) is 0 Å². The van der Waals surface area contributed by atoms with Crippen LogP contribution in [-0.4, -0.2) is 40.1 Å². The Morgan fingerprint density at radius 1 is 1.10 bits per heavy atom. The van der Waals surface area contributed by atoms with E-state index < -0.39 is 18.2 Å². The van der Waals surface area contributed by atoms with Crippen molar-refractivity contribution >= 4 is 5.69 Å². The molecule has 8 heteroatoms. The molecule has 0 saturated heterocycles. The Morgan fingerprint density at radius 3 is 2.45 bits per heavy atom. The predicted molar refractivity (Wildman–Crippen MR) is 65.6 cm³/mol. The second-order valence-electron chi connectivity index (χ2n) is 3.65. The second-order valence-corrected chi connectivity index (χ2v) is 3.65. The van der Waals surface area contributed by atoms with Crippen LogP contribution in [0, 0.1) is 5.82 Å². The number of nitrogen functional groups attached to an aromatic ring is 1. The van der Waals surface area contributed by atoms with Gasteiger partial charge in [0.1, 0.15) is 12.4 Å². The number of alkyl halides is 2. The molecule has 2 N–H and O–H groups in total. The van der Waals surface area contributed by atoms with E-state index in [1.807, 2.05) is 0 Å². The summed E-state index contributed by atoms with van der Waals surface area (Å²) in [4.78, 5) is 0. The molecular weight excluding hydrogens is 279 g/mol. The number of hydrogen-bond donors (Lipinski definition) is 1. The van der Waals surface area contributed by atoms with E-state index in [0.717, 1.165) is 12.1 Å². The molecule has 0 unspecified atom stereocenters. The monoisotopic (exact) mass is 295 g/mol. The second kappa shape index (κ2) is 8.49. The summed E-state index contributed by atoms with van der Waals surface area (Å²) < 4.78 is 56.6. The summed E-state index contributed by atoms with van der Waals surface area (Å²) in [6, 6.07) is 1.84. The largest absolute Gasteiger partial charge is 0.489 e. The molecule has 0 radical (unpaired) electrons. The highest BCUT2D eigenvalue weighted by Gasteiger charge is 2.14. The molecule has 20 heavy (non-hydrogen) atoms. The molecule has 1 aromatic carbocycles. The molecule has 0 amide bonds. The first kappa shape index (κ1) is 16.4. The molecule has 1 aromatic rings. The fraction of sp³-hybridized carbons (Fsp3) is 0.500. The lowest BCUT2D eigenvalue weighted by atomic mass is 10.2. The van der Waals surface area contributed by atoms with Gasteiger partial charge in [-0.3, -0.25) is 0 Å². The molecule has 0 aromatic heterocycles. The molecule has 0 aliphatic carbocycles. The zero-order valence-corrected chi connectivity index (χ0v) is 10.9. The molecular formula is C12H16F3NO4. The van der Waals surface area contributed by atoms with E-state index in [1.54, 1.807) is 7.11 Å². The van der Waals surface area contributed by atoms with Crippen LogP contribution < -0.4 is 15.2 Å². The molecule has 0 saturated carbocycles. The number of ether oxygens (including phenoxy) is 4. The van der Waals surface area contributed by atoms with E-state index in [0.29, 0.717) is 13.2 Å². The van der Waals surface area contributed by atoms with Gasteiger partial charge in [0.2, 0.25) is 0 Å². The third-order valence-electron chi connectivity index (χ3n) is 2.20.